The maximum Gasteiger partial charge on any atom is 0.410 e. The van der Waals surface area contributed by atoms with Crippen molar-refractivity contribution in [2.24, 2.45) is 7.05 Å². The summed E-state index contributed by atoms with van der Waals surface area (Å²) < 4.78 is 21.2. The number of hydrogen-bond donors (Lipinski definition) is 0. The van der Waals surface area contributed by atoms with Crippen LogP contribution < -0.4 is 0 Å². The number of hydrogen-bond acceptors (Lipinski definition) is 2. The van der Waals surface area contributed by atoms with Gasteiger partial charge in [0.15, 0.2) is 0 Å². The van der Waals surface area contributed by atoms with Crippen molar-refractivity contribution in [2.75, 3.05) is 6.54 Å². The molecule has 1 aromatic heterocycles. The molecule has 25 heavy (non-hydrogen) atoms. The molecular formula is C20H19FN2O2. The zero-order valence-corrected chi connectivity index (χ0v) is 14.0. The minimum atomic E-state index is -0.331. The van der Waals surface area contributed by atoms with Crippen LogP contribution in [0.4, 0.5) is 9.18 Å². The highest BCUT2D eigenvalue weighted by Gasteiger charge is 2.26. The third kappa shape index (κ3) is 2.86. The molecule has 0 aliphatic carbocycles. The molecule has 0 spiro atoms. The molecule has 0 saturated heterocycles. The molecule has 1 aliphatic heterocycles. The van der Waals surface area contributed by atoms with Crippen LogP contribution in [0.25, 0.3) is 10.9 Å². The third-order valence-corrected chi connectivity index (χ3v) is 4.83. The molecule has 0 fully saturated rings. The predicted octanol–water partition coefficient (Wildman–Crippen LogP) is 4.01. The van der Waals surface area contributed by atoms with Gasteiger partial charge in [0, 0.05) is 42.2 Å². The Kier molecular flexibility index (Phi) is 3.92. The second kappa shape index (κ2) is 6.24. The standard InChI is InChI=1S/C20H19FN2O2/c1-22-18-8-7-15(21)11-16(18)17-12-23(10-9-19(17)22)20(24)25-13-14-5-3-2-4-6-14/h2-8,11H,9-10,12-13H2,1H3. The van der Waals surface area contributed by atoms with Gasteiger partial charge >= 0.3 is 6.09 Å². The van der Waals surface area contributed by atoms with E-state index in [0.29, 0.717) is 13.1 Å². The molecule has 128 valence electrons. The van der Waals surface area contributed by atoms with Gasteiger partial charge in [-0.25, -0.2) is 9.18 Å². The first kappa shape index (κ1) is 15.7. The summed E-state index contributed by atoms with van der Waals surface area (Å²) >= 11 is 0. The Balaban J connectivity index is 1.54. The largest absolute Gasteiger partial charge is 0.445 e. The van der Waals surface area contributed by atoms with E-state index in [9.17, 15) is 9.18 Å². The van der Waals surface area contributed by atoms with E-state index < -0.39 is 0 Å². The molecule has 1 aliphatic rings. The molecule has 4 nitrogen and oxygen atoms in total. The highest BCUT2D eigenvalue weighted by molar-refractivity contribution is 5.86. The molecule has 4 rings (SSSR count). The van der Waals surface area contributed by atoms with Crippen LogP contribution in [0.3, 0.4) is 0 Å². The van der Waals surface area contributed by atoms with Crippen LogP contribution >= 0.6 is 0 Å². The van der Waals surface area contributed by atoms with E-state index >= 15 is 0 Å². The first-order valence-electron chi connectivity index (χ1n) is 8.35. The number of amides is 1. The van der Waals surface area contributed by atoms with Gasteiger partial charge in [0.05, 0.1) is 6.54 Å². The topological polar surface area (TPSA) is 34.5 Å². The Hall–Kier alpha value is -2.82. The van der Waals surface area contributed by atoms with Gasteiger partial charge in [0.1, 0.15) is 12.4 Å². The molecule has 0 N–H and O–H groups in total. The van der Waals surface area contributed by atoms with Gasteiger partial charge in [-0.1, -0.05) is 30.3 Å². The predicted molar refractivity (Wildman–Crippen MR) is 93.6 cm³/mol. The fourth-order valence-corrected chi connectivity index (χ4v) is 3.52. The maximum atomic E-state index is 13.7. The van der Waals surface area contributed by atoms with E-state index in [-0.39, 0.29) is 18.5 Å². The number of fused-ring (bicyclic) bond motifs is 3. The van der Waals surface area contributed by atoms with Crippen molar-refractivity contribution in [1.82, 2.24) is 9.47 Å². The Morgan fingerprint density at radius 3 is 2.80 bits per heavy atom. The van der Waals surface area contributed by atoms with Gasteiger partial charge in [0.25, 0.3) is 0 Å². The number of ether oxygens (including phenoxy) is 1. The number of nitrogens with zero attached hydrogens (tertiary/aromatic N) is 2. The van der Waals surface area contributed by atoms with Crippen molar-refractivity contribution in [3.63, 3.8) is 0 Å². The smallest absolute Gasteiger partial charge is 0.410 e. The second-order valence-corrected chi connectivity index (χ2v) is 6.36. The molecule has 1 amide bonds. The number of aromatic nitrogens is 1. The van der Waals surface area contributed by atoms with E-state index in [0.717, 1.165) is 34.1 Å². The molecule has 0 bridgehead atoms. The van der Waals surface area contributed by atoms with E-state index in [1.165, 1.54) is 6.07 Å². The van der Waals surface area contributed by atoms with Gasteiger partial charge < -0.3 is 14.2 Å². The fourth-order valence-electron chi connectivity index (χ4n) is 3.52. The highest BCUT2D eigenvalue weighted by atomic mass is 19.1. The monoisotopic (exact) mass is 338 g/mol. The van der Waals surface area contributed by atoms with E-state index in [1.807, 2.05) is 37.4 Å². The minimum Gasteiger partial charge on any atom is -0.445 e. The first-order chi connectivity index (χ1) is 12.1. The summed E-state index contributed by atoms with van der Waals surface area (Å²) in [4.78, 5) is 14.1. The summed E-state index contributed by atoms with van der Waals surface area (Å²) in [5.41, 5.74) is 4.12. The van der Waals surface area contributed by atoms with Crippen molar-refractivity contribution in [3.05, 3.63) is 71.2 Å². The van der Waals surface area contributed by atoms with Crippen molar-refractivity contribution in [3.8, 4) is 0 Å². The Morgan fingerprint density at radius 1 is 1.20 bits per heavy atom. The number of halogens is 1. The van der Waals surface area contributed by atoms with Crippen LogP contribution in [-0.4, -0.2) is 22.1 Å². The number of carbonyl (C=O) groups is 1. The first-order valence-corrected chi connectivity index (χ1v) is 8.35. The summed E-state index contributed by atoms with van der Waals surface area (Å²) in [5, 5.41) is 0.873. The molecule has 0 atom stereocenters. The Labute approximate surface area is 145 Å². The lowest BCUT2D eigenvalue weighted by Crippen LogP contribution is -2.36. The zero-order valence-electron chi connectivity index (χ0n) is 14.0. The number of rotatable bonds is 2. The van der Waals surface area contributed by atoms with E-state index in [2.05, 4.69) is 4.57 Å². The van der Waals surface area contributed by atoms with Crippen molar-refractivity contribution in [1.29, 1.82) is 0 Å². The van der Waals surface area contributed by atoms with Crippen LogP contribution in [0, 0.1) is 5.82 Å². The number of carbonyl (C=O) groups excluding carboxylic acids is 1. The maximum absolute atomic E-state index is 13.7. The van der Waals surface area contributed by atoms with Crippen LogP contribution in [0.5, 0.6) is 0 Å². The lowest BCUT2D eigenvalue weighted by molar-refractivity contribution is 0.0917. The van der Waals surface area contributed by atoms with Crippen LogP contribution in [0.1, 0.15) is 16.8 Å². The third-order valence-electron chi connectivity index (χ3n) is 4.83. The fraction of sp³-hybridized carbons (Fsp3) is 0.250. The lowest BCUT2D eigenvalue weighted by Gasteiger charge is -2.27. The zero-order chi connectivity index (χ0) is 17.4. The van der Waals surface area contributed by atoms with Gasteiger partial charge in [0.2, 0.25) is 0 Å². The van der Waals surface area contributed by atoms with Gasteiger partial charge in [-0.3, -0.25) is 0 Å². The Bertz CT molecular complexity index is 934. The molecule has 5 heteroatoms. The summed E-state index contributed by atoms with van der Waals surface area (Å²) in [6.45, 7) is 1.31. The molecular weight excluding hydrogens is 319 g/mol. The van der Waals surface area contributed by atoms with Crippen LogP contribution in [0.2, 0.25) is 0 Å². The molecule has 2 heterocycles. The van der Waals surface area contributed by atoms with Gasteiger partial charge in [-0.15, -0.1) is 0 Å². The molecule has 3 aromatic rings. The Morgan fingerprint density at radius 2 is 2.00 bits per heavy atom. The van der Waals surface area contributed by atoms with Crippen LogP contribution in [0.15, 0.2) is 48.5 Å². The lowest BCUT2D eigenvalue weighted by atomic mass is 10.0. The summed E-state index contributed by atoms with van der Waals surface area (Å²) in [6.07, 6.45) is 0.408. The van der Waals surface area contributed by atoms with Gasteiger partial charge in [-0.2, -0.15) is 0 Å². The number of benzene rings is 2. The molecule has 0 radical (unpaired) electrons. The quantitative estimate of drug-likeness (QED) is 0.707. The average molecular weight is 338 g/mol. The normalized spacial score (nSPS) is 13.8. The SMILES string of the molecule is Cn1c2c(c3cc(F)ccc31)CN(C(=O)OCc1ccccc1)CC2. The summed E-state index contributed by atoms with van der Waals surface area (Å²) in [6, 6.07) is 14.4. The second-order valence-electron chi connectivity index (χ2n) is 6.36. The van der Waals surface area contributed by atoms with E-state index in [4.69, 9.17) is 4.74 Å². The number of aryl methyl sites for hydroxylation is 1. The summed E-state index contributed by atoms with van der Waals surface area (Å²) in [5.74, 6) is -0.260. The minimum absolute atomic E-state index is 0.257. The molecule has 2 aromatic carbocycles. The average Bonchev–Trinajstić information content (AvgIpc) is 2.92. The van der Waals surface area contributed by atoms with E-state index in [1.54, 1.807) is 17.0 Å². The van der Waals surface area contributed by atoms with Gasteiger partial charge in [-0.05, 0) is 23.8 Å². The van der Waals surface area contributed by atoms with Crippen molar-refractivity contribution < 1.29 is 13.9 Å². The van der Waals surface area contributed by atoms with Crippen molar-refractivity contribution >= 4 is 17.0 Å². The molecule has 0 unspecified atom stereocenters. The van der Waals surface area contributed by atoms with Crippen LogP contribution in [-0.2, 0) is 31.4 Å². The molecule has 0 saturated carbocycles. The highest BCUT2D eigenvalue weighted by Crippen LogP contribution is 2.30. The van der Waals surface area contributed by atoms with Crippen molar-refractivity contribution in [2.45, 2.75) is 19.6 Å². The summed E-state index contributed by atoms with van der Waals surface area (Å²) in [7, 11) is 1.99.